The highest BCUT2D eigenvalue weighted by atomic mass is 15.3. The minimum atomic E-state index is 1.22. The van der Waals surface area contributed by atoms with Gasteiger partial charge < -0.3 is 4.48 Å². The molecule has 1 rings (SSSR count). The number of hydrogen-bond donors (Lipinski definition) is 0. The molecule has 0 N–H and O–H groups in total. The van der Waals surface area contributed by atoms with Crippen LogP contribution in [0.3, 0.4) is 0 Å². The Morgan fingerprint density at radius 1 is 0.696 bits per heavy atom. The molecule has 0 aromatic heterocycles. The molecule has 1 heteroatoms. The molecule has 0 bridgehead atoms. The lowest BCUT2D eigenvalue weighted by Gasteiger charge is -2.35. The van der Waals surface area contributed by atoms with Crippen LogP contribution < -0.4 is 0 Å². The van der Waals surface area contributed by atoms with E-state index in [1.54, 1.807) is 0 Å². The number of nitrogens with zero attached hydrogens (tertiary/aromatic N) is 1. The van der Waals surface area contributed by atoms with Gasteiger partial charge in [0.25, 0.3) is 0 Å². The molecule has 0 aliphatic rings. The van der Waals surface area contributed by atoms with Crippen LogP contribution in [0.15, 0.2) is 24.3 Å². The van der Waals surface area contributed by atoms with Crippen LogP contribution >= 0.6 is 0 Å². The summed E-state index contributed by atoms with van der Waals surface area (Å²) in [5.74, 6) is 0. The Morgan fingerprint density at radius 2 is 1.22 bits per heavy atom. The highest BCUT2D eigenvalue weighted by Crippen LogP contribution is 2.14. The van der Waals surface area contributed by atoms with Crippen molar-refractivity contribution in [2.24, 2.45) is 0 Å². The minimum Gasteiger partial charge on any atom is -0.326 e. The third kappa shape index (κ3) is 9.15. The van der Waals surface area contributed by atoms with Gasteiger partial charge in [-0.3, -0.25) is 0 Å². The number of hydrogen-bond acceptors (Lipinski definition) is 0. The molecule has 132 valence electrons. The van der Waals surface area contributed by atoms with Crippen molar-refractivity contribution in [1.29, 1.82) is 0 Å². The van der Waals surface area contributed by atoms with Crippen molar-refractivity contribution in [3.05, 3.63) is 35.4 Å². The maximum absolute atomic E-state index is 2.49. The normalized spacial score (nSPS) is 11.8. The van der Waals surface area contributed by atoms with E-state index in [2.05, 4.69) is 52.1 Å². The van der Waals surface area contributed by atoms with Gasteiger partial charge in [-0.2, -0.15) is 0 Å². The number of likely N-dealkylation sites (N-methyl/N-ethyl adjacent to an activating group) is 1. The van der Waals surface area contributed by atoms with E-state index in [0.717, 1.165) is 0 Å². The van der Waals surface area contributed by atoms with Gasteiger partial charge in [0.1, 0.15) is 0 Å². The first-order chi connectivity index (χ1) is 11.1. The van der Waals surface area contributed by atoms with Crippen LogP contribution in [0.4, 0.5) is 0 Å². The molecule has 0 heterocycles. The van der Waals surface area contributed by atoms with Crippen molar-refractivity contribution in [3.8, 4) is 0 Å². The van der Waals surface area contributed by atoms with Gasteiger partial charge in [0, 0.05) is 6.42 Å². The Balaban J connectivity index is 2.48. The summed E-state index contributed by atoms with van der Waals surface area (Å²) >= 11 is 0. The summed E-state index contributed by atoms with van der Waals surface area (Å²) in [5, 5.41) is 0. The van der Waals surface area contributed by atoms with E-state index < -0.39 is 0 Å². The fourth-order valence-electron chi connectivity index (χ4n) is 3.33. The average molecular weight is 319 g/mol. The molecule has 1 aromatic rings. The maximum Gasteiger partial charge on any atom is 0.0825 e. The first-order valence-corrected chi connectivity index (χ1v) is 9.99. The zero-order valence-electron chi connectivity index (χ0n) is 16.2. The minimum absolute atomic E-state index is 1.22. The summed E-state index contributed by atoms with van der Waals surface area (Å²) in [6.07, 6.45) is 12.3. The molecule has 23 heavy (non-hydrogen) atoms. The average Bonchev–Trinajstić information content (AvgIpc) is 2.55. The molecule has 0 radical (unpaired) electrons. The van der Waals surface area contributed by atoms with Crippen LogP contribution in [0.25, 0.3) is 0 Å². The Kier molecular flexibility index (Phi) is 10.3. The number of aryl methyl sites for hydroxylation is 1. The smallest absolute Gasteiger partial charge is 0.0825 e. The van der Waals surface area contributed by atoms with Gasteiger partial charge in [-0.1, -0.05) is 69.4 Å². The van der Waals surface area contributed by atoms with Crippen LogP contribution in [0.5, 0.6) is 0 Å². The molecule has 0 fully saturated rings. The Labute approximate surface area is 145 Å². The zero-order valence-corrected chi connectivity index (χ0v) is 16.2. The van der Waals surface area contributed by atoms with Crippen molar-refractivity contribution in [1.82, 2.24) is 0 Å². The monoisotopic (exact) mass is 318 g/mol. The Morgan fingerprint density at radius 3 is 1.70 bits per heavy atom. The summed E-state index contributed by atoms with van der Waals surface area (Å²) in [5.41, 5.74) is 2.87. The second-order valence-corrected chi connectivity index (χ2v) is 7.65. The van der Waals surface area contributed by atoms with Gasteiger partial charge >= 0.3 is 0 Å². The molecule has 0 spiro atoms. The SMILES string of the molecule is CCCCCC[N+](C)(CCCCCC)CCc1ccc(C)cc1. The van der Waals surface area contributed by atoms with Gasteiger partial charge in [0.05, 0.1) is 26.7 Å². The fraction of sp³-hybridized carbons (Fsp3) is 0.727. The van der Waals surface area contributed by atoms with Crippen molar-refractivity contribution < 1.29 is 4.48 Å². The van der Waals surface area contributed by atoms with Gasteiger partial charge in [0.15, 0.2) is 0 Å². The molecular weight excluding hydrogens is 278 g/mol. The summed E-state index contributed by atoms with van der Waals surface area (Å²) in [7, 11) is 2.49. The van der Waals surface area contributed by atoms with E-state index >= 15 is 0 Å². The summed E-state index contributed by atoms with van der Waals surface area (Å²) in [6, 6.07) is 9.13. The second kappa shape index (κ2) is 11.7. The Hall–Kier alpha value is -0.820. The van der Waals surface area contributed by atoms with E-state index in [1.165, 1.54) is 93.0 Å². The van der Waals surface area contributed by atoms with E-state index in [9.17, 15) is 0 Å². The molecule has 1 nitrogen and oxygen atoms in total. The standard InChI is InChI=1S/C22H40N/c1-5-7-9-11-18-23(4,19-12-10-8-6-2)20-17-22-15-13-21(3)14-16-22/h13-16H,5-12,17-20H2,1-4H3/q+1. The summed E-state index contributed by atoms with van der Waals surface area (Å²) in [6.45, 7) is 10.8. The number of benzene rings is 1. The van der Waals surface area contributed by atoms with E-state index in [4.69, 9.17) is 0 Å². The molecule has 1 aromatic carbocycles. The molecule has 0 aliphatic carbocycles. The van der Waals surface area contributed by atoms with Crippen LogP contribution in [-0.4, -0.2) is 31.2 Å². The maximum atomic E-state index is 2.49. The van der Waals surface area contributed by atoms with E-state index in [0.29, 0.717) is 0 Å². The molecular formula is C22H40N+. The van der Waals surface area contributed by atoms with Crippen molar-refractivity contribution in [2.75, 3.05) is 26.7 Å². The molecule has 0 unspecified atom stereocenters. The number of rotatable bonds is 13. The second-order valence-electron chi connectivity index (χ2n) is 7.65. The summed E-state index contributed by atoms with van der Waals surface area (Å²) in [4.78, 5) is 0. The van der Waals surface area contributed by atoms with Crippen LogP contribution in [0, 0.1) is 6.92 Å². The first-order valence-electron chi connectivity index (χ1n) is 9.99. The number of quaternary nitrogens is 1. The van der Waals surface area contributed by atoms with Crippen LogP contribution in [0.2, 0.25) is 0 Å². The van der Waals surface area contributed by atoms with Crippen LogP contribution in [0.1, 0.15) is 76.3 Å². The molecule has 0 saturated carbocycles. The summed E-state index contributed by atoms with van der Waals surface area (Å²) < 4.78 is 1.27. The predicted molar refractivity (Wildman–Crippen MR) is 104 cm³/mol. The molecule has 0 amide bonds. The topological polar surface area (TPSA) is 0 Å². The largest absolute Gasteiger partial charge is 0.326 e. The number of unbranched alkanes of at least 4 members (excludes halogenated alkanes) is 6. The Bertz CT molecular complexity index is 381. The van der Waals surface area contributed by atoms with Gasteiger partial charge in [-0.05, 0) is 38.2 Å². The van der Waals surface area contributed by atoms with Gasteiger partial charge in [-0.25, -0.2) is 0 Å². The third-order valence-corrected chi connectivity index (χ3v) is 5.16. The van der Waals surface area contributed by atoms with E-state index in [1.807, 2.05) is 0 Å². The van der Waals surface area contributed by atoms with Gasteiger partial charge in [0.2, 0.25) is 0 Å². The lowest BCUT2D eigenvalue weighted by molar-refractivity contribution is -0.909. The molecule has 0 saturated heterocycles. The van der Waals surface area contributed by atoms with Crippen LogP contribution in [-0.2, 0) is 6.42 Å². The van der Waals surface area contributed by atoms with Crippen molar-refractivity contribution in [2.45, 2.75) is 78.6 Å². The lowest BCUT2D eigenvalue weighted by Crippen LogP contribution is -2.47. The van der Waals surface area contributed by atoms with Gasteiger partial charge in [-0.15, -0.1) is 0 Å². The van der Waals surface area contributed by atoms with E-state index in [-0.39, 0.29) is 0 Å². The molecule has 0 atom stereocenters. The fourth-order valence-corrected chi connectivity index (χ4v) is 3.33. The highest BCUT2D eigenvalue weighted by molar-refractivity contribution is 5.21. The van der Waals surface area contributed by atoms with Crippen molar-refractivity contribution in [3.63, 3.8) is 0 Å². The highest BCUT2D eigenvalue weighted by Gasteiger charge is 2.20. The predicted octanol–water partition coefficient (Wildman–Crippen LogP) is 6.14. The first kappa shape index (κ1) is 20.2. The zero-order chi connectivity index (χ0) is 17.0. The van der Waals surface area contributed by atoms with Crippen molar-refractivity contribution >= 4 is 0 Å². The third-order valence-electron chi connectivity index (χ3n) is 5.16. The lowest BCUT2D eigenvalue weighted by atomic mass is 10.1. The molecule has 0 aliphatic heterocycles. The quantitative estimate of drug-likeness (QED) is 0.302.